The third-order valence-electron chi connectivity index (χ3n) is 2.92. The average molecular weight is 325 g/mol. The molecule has 1 heterocycles. The molecule has 0 saturated heterocycles. The lowest BCUT2D eigenvalue weighted by atomic mass is 10.2. The molecule has 0 aliphatic heterocycles. The van der Waals surface area contributed by atoms with Crippen LogP contribution in [0.15, 0.2) is 46.0 Å². The molecule has 0 spiro atoms. The van der Waals surface area contributed by atoms with Gasteiger partial charge in [-0.3, -0.25) is 0 Å². The van der Waals surface area contributed by atoms with E-state index in [0.29, 0.717) is 16.8 Å². The lowest BCUT2D eigenvalue weighted by molar-refractivity contribution is 0.477. The average Bonchev–Trinajstić information content (AvgIpc) is 2.86. The minimum atomic E-state index is -1.64. The number of halogens is 2. The summed E-state index contributed by atoms with van der Waals surface area (Å²) in [6.07, 6.45) is 0. The summed E-state index contributed by atoms with van der Waals surface area (Å²) < 4.78 is 31.4. The van der Waals surface area contributed by atoms with Gasteiger partial charge in [0, 0.05) is 16.3 Å². The zero-order valence-electron chi connectivity index (χ0n) is 10.7. The Kier molecular flexibility index (Phi) is 3.65. The van der Waals surface area contributed by atoms with E-state index in [1.165, 1.54) is 12.1 Å². The quantitative estimate of drug-likeness (QED) is 0.748. The van der Waals surface area contributed by atoms with Gasteiger partial charge in [0.15, 0.2) is 5.58 Å². The molecule has 0 amide bonds. The minimum absolute atomic E-state index is 0.0231. The standard InChI is InChI=1S/C14H10ClFN2O2S/c15-10-2-1-3-11(16)9(10)7-21(19)14-18-12-6-8(17)4-5-13(12)20-14/h1-6H,7,17H2. The van der Waals surface area contributed by atoms with Crippen LogP contribution in [0.2, 0.25) is 5.02 Å². The van der Waals surface area contributed by atoms with Crippen molar-refractivity contribution in [1.29, 1.82) is 0 Å². The lowest BCUT2D eigenvalue weighted by Gasteiger charge is -2.03. The van der Waals surface area contributed by atoms with Crippen LogP contribution in [0.5, 0.6) is 0 Å². The maximum atomic E-state index is 13.7. The van der Waals surface area contributed by atoms with Crippen LogP contribution in [0.4, 0.5) is 10.1 Å². The van der Waals surface area contributed by atoms with Gasteiger partial charge in [0.1, 0.15) is 22.1 Å². The fourth-order valence-electron chi connectivity index (χ4n) is 1.88. The largest absolute Gasteiger partial charge is 0.430 e. The van der Waals surface area contributed by atoms with Crippen LogP contribution in [0.1, 0.15) is 5.56 Å². The molecule has 3 aromatic rings. The molecule has 0 aliphatic carbocycles. The summed E-state index contributed by atoms with van der Waals surface area (Å²) in [6, 6.07) is 9.24. The second kappa shape index (κ2) is 5.46. The van der Waals surface area contributed by atoms with E-state index in [1.54, 1.807) is 24.3 Å². The molecule has 2 N–H and O–H groups in total. The highest BCUT2D eigenvalue weighted by Gasteiger charge is 2.17. The predicted octanol–water partition coefficient (Wildman–Crippen LogP) is 3.51. The number of hydrogen-bond donors (Lipinski definition) is 1. The van der Waals surface area contributed by atoms with E-state index in [9.17, 15) is 8.60 Å². The second-order valence-electron chi connectivity index (χ2n) is 4.40. The van der Waals surface area contributed by atoms with E-state index < -0.39 is 16.6 Å². The molecule has 21 heavy (non-hydrogen) atoms. The Morgan fingerprint density at radius 3 is 2.90 bits per heavy atom. The number of anilines is 1. The number of nitrogens with zero attached hydrogens (tertiary/aromatic N) is 1. The number of rotatable bonds is 3. The fraction of sp³-hybridized carbons (Fsp3) is 0.0714. The van der Waals surface area contributed by atoms with E-state index in [0.717, 1.165) is 0 Å². The molecule has 0 saturated carbocycles. The van der Waals surface area contributed by atoms with E-state index in [2.05, 4.69) is 4.98 Å². The normalized spacial score (nSPS) is 12.7. The molecule has 1 atom stereocenters. The van der Waals surface area contributed by atoms with Gasteiger partial charge < -0.3 is 10.2 Å². The zero-order valence-corrected chi connectivity index (χ0v) is 12.2. The third-order valence-corrected chi connectivity index (χ3v) is 4.39. The molecular weight excluding hydrogens is 315 g/mol. The minimum Gasteiger partial charge on any atom is -0.430 e. The number of oxazole rings is 1. The second-order valence-corrected chi connectivity index (χ2v) is 6.13. The molecule has 1 aromatic heterocycles. The molecular formula is C14H10ClFN2O2S. The predicted molar refractivity (Wildman–Crippen MR) is 79.9 cm³/mol. The Morgan fingerprint density at radius 2 is 2.14 bits per heavy atom. The summed E-state index contributed by atoms with van der Waals surface area (Å²) in [5, 5.41) is 0.249. The first kappa shape index (κ1) is 14.0. The van der Waals surface area contributed by atoms with Gasteiger partial charge in [-0.1, -0.05) is 17.7 Å². The van der Waals surface area contributed by atoms with Crippen LogP contribution < -0.4 is 5.73 Å². The molecule has 0 fully saturated rings. The smallest absolute Gasteiger partial charge is 0.288 e. The first-order chi connectivity index (χ1) is 10.0. The van der Waals surface area contributed by atoms with Gasteiger partial charge in [-0.2, -0.15) is 0 Å². The Balaban J connectivity index is 1.94. The summed E-state index contributed by atoms with van der Waals surface area (Å²) >= 11 is 5.92. The Labute approximate surface area is 127 Å². The number of aromatic nitrogens is 1. The van der Waals surface area contributed by atoms with Crippen LogP contribution in [0.25, 0.3) is 11.1 Å². The van der Waals surface area contributed by atoms with Crippen molar-refractivity contribution in [2.24, 2.45) is 0 Å². The molecule has 108 valence electrons. The highest BCUT2D eigenvalue weighted by atomic mass is 35.5. The fourth-order valence-corrected chi connectivity index (χ4v) is 3.25. The Morgan fingerprint density at radius 1 is 1.33 bits per heavy atom. The van der Waals surface area contributed by atoms with Crippen molar-refractivity contribution >= 4 is 39.2 Å². The number of nitrogens with two attached hydrogens (primary N) is 1. The van der Waals surface area contributed by atoms with Gasteiger partial charge in [0.2, 0.25) is 0 Å². The Hall–Kier alpha value is -1.92. The van der Waals surface area contributed by atoms with Crippen molar-refractivity contribution < 1.29 is 13.0 Å². The number of hydrogen-bond acceptors (Lipinski definition) is 4. The third kappa shape index (κ3) is 2.77. The summed E-state index contributed by atoms with van der Waals surface area (Å²) in [7, 11) is -1.64. The van der Waals surface area contributed by atoms with Crippen LogP contribution in [-0.2, 0) is 16.6 Å². The van der Waals surface area contributed by atoms with E-state index in [1.807, 2.05) is 0 Å². The van der Waals surface area contributed by atoms with Gasteiger partial charge in [-0.05, 0) is 30.3 Å². The van der Waals surface area contributed by atoms with Crippen molar-refractivity contribution in [2.75, 3.05) is 5.73 Å². The Bertz CT molecular complexity index is 830. The van der Waals surface area contributed by atoms with E-state index in [4.69, 9.17) is 21.8 Å². The maximum absolute atomic E-state index is 13.7. The molecule has 0 radical (unpaired) electrons. The van der Waals surface area contributed by atoms with E-state index >= 15 is 0 Å². The van der Waals surface area contributed by atoms with Crippen molar-refractivity contribution in [3.05, 3.63) is 52.8 Å². The van der Waals surface area contributed by atoms with Crippen LogP contribution in [-0.4, -0.2) is 9.19 Å². The van der Waals surface area contributed by atoms with Gasteiger partial charge in [-0.25, -0.2) is 13.6 Å². The SMILES string of the molecule is Nc1ccc2oc(S(=O)Cc3c(F)cccc3Cl)nc2c1. The maximum Gasteiger partial charge on any atom is 0.288 e. The molecule has 0 bridgehead atoms. The summed E-state index contributed by atoms with van der Waals surface area (Å²) in [4.78, 5) is 4.12. The summed E-state index contributed by atoms with van der Waals surface area (Å²) in [5.41, 5.74) is 7.35. The van der Waals surface area contributed by atoms with Crippen molar-refractivity contribution in [2.45, 2.75) is 11.0 Å². The van der Waals surface area contributed by atoms with Gasteiger partial charge in [-0.15, -0.1) is 0 Å². The summed E-state index contributed by atoms with van der Waals surface area (Å²) in [6.45, 7) is 0. The first-order valence-corrected chi connectivity index (χ1v) is 7.71. The van der Waals surface area contributed by atoms with Crippen LogP contribution in [0, 0.1) is 5.82 Å². The zero-order chi connectivity index (χ0) is 15.0. The topological polar surface area (TPSA) is 69.1 Å². The molecule has 7 heteroatoms. The first-order valence-electron chi connectivity index (χ1n) is 6.02. The van der Waals surface area contributed by atoms with Crippen molar-refractivity contribution in [3.63, 3.8) is 0 Å². The van der Waals surface area contributed by atoms with Crippen molar-refractivity contribution in [3.8, 4) is 0 Å². The van der Waals surface area contributed by atoms with Gasteiger partial charge in [0.05, 0.1) is 5.75 Å². The number of benzene rings is 2. The van der Waals surface area contributed by atoms with Crippen LogP contribution >= 0.6 is 11.6 Å². The molecule has 2 aromatic carbocycles. The van der Waals surface area contributed by atoms with Gasteiger partial charge >= 0.3 is 0 Å². The van der Waals surface area contributed by atoms with Crippen LogP contribution in [0.3, 0.4) is 0 Å². The number of nitrogen functional groups attached to an aromatic ring is 1. The molecule has 3 rings (SSSR count). The van der Waals surface area contributed by atoms with Gasteiger partial charge in [0.25, 0.3) is 5.22 Å². The highest BCUT2D eigenvalue weighted by Crippen LogP contribution is 2.25. The van der Waals surface area contributed by atoms with Crippen molar-refractivity contribution in [1.82, 2.24) is 4.98 Å². The highest BCUT2D eigenvalue weighted by molar-refractivity contribution is 7.84. The molecule has 4 nitrogen and oxygen atoms in total. The number of fused-ring (bicyclic) bond motifs is 1. The lowest BCUT2D eigenvalue weighted by Crippen LogP contribution is -2.00. The summed E-state index contributed by atoms with van der Waals surface area (Å²) in [5.74, 6) is -0.607. The molecule has 0 aliphatic rings. The van der Waals surface area contributed by atoms with E-state index in [-0.39, 0.29) is 21.6 Å². The molecule has 1 unspecified atom stereocenters. The monoisotopic (exact) mass is 324 g/mol.